The van der Waals surface area contributed by atoms with Crippen LogP contribution in [0.3, 0.4) is 0 Å². The minimum absolute atomic E-state index is 0.380. The molecule has 0 aromatic rings. The largest absolute Gasteiger partial charge is 0.343 e. The van der Waals surface area contributed by atoms with Crippen LogP contribution in [0.4, 0.5) is 0 Å². The summed E-state index contributed by atoms with van der Waals surface area (Å²) in [5.41, 5.74) is 0.400. The maximum absolute atomic E-state index is 12.0. The second-order valence-electron chi connectivity index (χ2n) is 6.48. The second-order valence-corrected chi connectivity index (χ2v) is 6.48. The summed E-state index contributed by atoms with van der Waals surface area (Å²) in [5.74, 6) is 1.16. The first-order chi connectivity index (χ1) is 7.95. The van der Waals surface area contributed by atoms with Gasteiger partial charge in [0.25, 0.3) is 0 Å². The molecular formula is C15H29NO. The highest BCUT2D eigenvalue weighted by atomic mass is 16.2. The van der Waals surface area contributed by atoms with Gasteiger partial charge in [0.1, 0.15) is 0 Å². The van der Waals surface area contributed by atoms with E-state index in [0.29, 0.717) is 11.3 Å². The highest BCUT2D eigenvalue weighted by Crippen LogP contribution is 2.34. The molecule has 0 aromatic heterocycles. The fourth-order valence-corrected chi connectivity index (χ4v) is 2.68. The predicted molar refractivity (Wildman–Crippen MR) is 72.9 cm³/mol. The van der Waals surface area contributed by atoms with Crippen LogP contribution in [0.2, 0.25) is 0 Å². The molecule has 0 unspecified atom stereocenters. The van der Waals surface area contributed by atoms with Crippen LogP contribution in [0.1, 0.15) is 66.2 Å². The van der Waals surface area contributed by atoms with Crippen LogP contribution >= 0.6 is 0 Å². The first-order valence-electron chi connectivity index (χ1n) is 7.23. The lowest BCUT2D eigenvalue weighted by Crippen LogP contribution is -2.41. The van der Waals surface area contributed by atoms with Gasteiger partial charge in [0.15, 0.2) is 0 Å². The lowest BCUT2D eigenvalue weighted by molar-refractivity contribution is -0.133. The molecule has 0 bridgehead atoms. The number of carbonyl (C=O) groups excluding carboxylic acids is 1. The van der Waals surface area contributed by atoms with Crippen LogP contribution < -0.4 is 0 Å². The van der Waals surface area contributed by atoms with Gasteiger partial charge in [-0.1, -0.05) is 40.5 Å². The molecule has 1 aliphatic heterocycles. The van der Waals surface area contributed by atoms with E-state index in [4.69, 9.17) is 0 Å². The summed E-state index contributed by atoms with van der Waals surface area (Å²) in [5, 5.41) is 0. The van der Waals surface area contributed by atoms with Crippen molar-refractivity contribution in [1.82, 2.24) is 4.90 Å². The Labute approximate surface area is 107 Å². The third kappa shape index (κ3) is 4.69. The first kappa shape index (κ1) is 14.5. The van der Waals surface area contributed by atoms with Gasteiger partial charge in [0, 0.05) is 19.5 Å². The highest BCUT2D eigenvalue weighted by Gasteiger charge is 2.29. The Bertz CT molecular complexity index is 234. The molecule has 1 aliphatic rings. The molecule has 1 heterocycles. The van der Waals surface area contributed by atoms with Gasteiger partial charge >= 0.3 is 0 Å². The van der Waals surface area contributed by atoms with Gasteiger partial charge in [-0.2, -0.15) is 0 Å². The molecule has 1 fully saturated rings. The number of carbonyl (C=O) groups is 1. The summed E-state index contributed by atoms with van der Waals surface area (Å²) >= 11 is 0. The zero-order valence-electron chi connectivity index (χ0n) is 12.1. The number of amides is 1. The molecule has 0 N–H and O–H groups in total. The Morgan fingerprint density at radius 2 is 1.76 bits per heavy atom. The topological polar surface area (TPSA) is 20.3 Å². The average molecular weight is 239 g/mol. The molecule has 1 amide bonds. The van der Waals surface area contributed by atoms with E-state index in [0.717, 1.165) is 31.8 Å². The Hall–Kier alpha value is -0.530. The molecule has 100 valence electrons. The third-order valence-corrected chi connectivity index (χ3v) is 4.07. The maximum atomic E-state index is 12.0. The Morgan fingerprint density at radius 3 is 2.24 bits per heavy atom. The predicted octanol–water partition coefficient (Wildman–Crippen LogP) is 3.85. The quantitative estimate of drug-likeness (QED) is 0.682. The minimum atomic E-state index is 0.380. The lowest BCUT2D eigenvalue weighted by atomic mass is 9.75. The van der Waals surface area contributed by atoms with Gasteiger partial charge in [-0.25, -0.2) is 0 Å². The summed E-state index contributed by atoms with van der Waals surface area (Å²) in [6.45, 7) is 11.1. The Morgan fingerprint density at radius 1 is 1.18 bits per heavy atom. The molecule has 2 heteroatoms. The summed E-state index contributed by atoms with van der Waals surface area (Å²) in [4.78, 5) is 14.0. The number of rotatable bonds is 4. The van der Waals surface area contributed by atoms with E-state index in [1.165, 1.54) is 25.7 Å². The standard InChI is InChI=1S/C15H29NO/c1-5-6-7-8-14(17)16-11-9-13(10-12-16)15(2,3)4/h13H,5-12H2,1-4H3. The van der Waals surface area contributed by atoms with Crippen molar-refractivity contribution in [1.29, 1.82) is 0 Å². The van der Waals surface area contributed by atoms with Crippen LogP contribution in [0.15, 0.2) is 0 Å². The number of hydrogen-bond donors (Lipinski definition) is 0. The number of piperidine rings is 1. The molecule has 0 spiro atoms. The first-order valence-corrected chi connectivity index (χ1v) is 7.23. The third-order valence-electron chi connectivity index (χ3n) is 4.07. The molecule has 0 aromatic carbocycles. The molecule has 2 nitrogen and oxygen atoms in total. The zero-order chi connectivity index (χ0) is 12.9. The molecule has 0 aliphatic carbocycles. The molecule has 1 rings (SSSR count). The maximum Gasteiger partial charge on any atom is 0.222 e. The number of likely N-dealkylation sites (tertiary alicyclic amines) is 1. The monoisotopic (exact) mass is 239 g/mol. The van der Waals surface area contributed by atoms with Gasteiger partial charge < -0.3 is 4.90 Å². The number of nitrogens with zero attached hydrogens (tertiary/aromatic N) is 1. The van der Waals surface area contributed by atoms with Crippen molar-refractivity contribution in [3.8, 4) is 0 Å². The van der Waals surface area contributed by atoms with E-state index in [-0.39, 0.29) is 0 Å². The average Bonchev–Trinajstić information content (AvgIpc) is 2.28. The fraction of sp³-hybridized carbons (Fsp3) is 0.933. The number of hydrogen-bond acceptors (Lipinski definition) is 1. The van der Waals surface area contributed by atoms with Crippen molar-refractivity contribution in [2.75, 3.05) is 13.1 Å². The van der Waals surface area contributed by atoms with Crippen molar-refractivity contribution >= 4 is 5.91 Å². The lowest BCUT2D eigenvalue weighted by Gasteiger charge is -2.38. The van der Waals surface area contributed by atoms with E-state index < -0.39 is 0 Å². The van der Waals surface area contributed by atoms with E-state index in [1.807, 2.05) is 0 Å². The van der Waals surface area contributed by atoms with Crippen molar-refractivity contribution in [3.63, 3.8) is 0 Å². The van der Waals surface area contributed by atoms with Crippen LogP contribution in [0, 0.1) is 11.3 Å². The summed E-state index contributed by atoms with van der Waals surface area (Å²) in [6, 6.07) is 0. The van der Waals surface area contributed by atoms with Crippen LogP contribution in [-0.4, -0.2) is 23.9 Å². The summed E-state index contributed by atoms with van der Waals surface area (Å²) < 4.78 is 0. The molecule has 0 atom stereocenters. The van der Waals surface area contributed by atoms with Crippen molar-refractivity contribution < 1.29 is 4.79 Å². The normalized spacial score (nSPS) is 18.5. The van der Waals surface area contributed by atoms with E-state index in [1.54, 1.807) is 0 Å². The molecule has 1 saturated heterocycles. The summed E-state index contributed by atoms with van der Waals surface area (Å²) in [7, 11) is 0. The van der Waals surface area contributed by atoms with Crippen LogP contribution in [0.5, 0.6) is 0 Å². The van der Waals surface area contributed by atoms with E-state index in [9.17, 15) is 4.79 Å². The molecule has 17 heavy (non-hydrogen) atoms. The Kier molecular flexibility index (Phi) is 5.48. The molecular weight excluding hydrogens is 210 g/mol. The molecule has 0 saturated carbocycles. The molecule has 0 radical (unpaired) electrons. The highest BCUT2D eigenvalue weighted by molar-refractivity contribution is 5.76. The number of unbranched alkanes of at least 4 members (excludes halogenated alkanes) is 2. The van der Waals surface area contributed by atoms with Gasteiger partial charge in [0.05, 0.1) is 0 Å². The smallest absolute Gasteiger partial charge is 0.222 e. The van der Waals surface area contributed by atoms with E-state index >= 15 is 0 Å². The van der Waals surface area contributed by atoms with Gasteiger partial charge in [-0.3, -0.25) is 4.79 Å². The SMILES string of the molecule is CCCCCC(=O)N1CCC(C(C)(C)C)CC1. The minimum Gasteiger partial charge on any atom is -0.343 e. The van der Waals surface area contributed by atoms with Crippen LogP contribution in [0.25, 0.3) is 0 Å². The zero-order valence-corrected chi connectivity index (χ0v) is 12.1. The van der Waals surface area contributed by atoms with Crippen molar-refractivity contribution in [3.05, 3.63) is 0 Å². The van der Waals surface area contributed by atoms with Crippen molar-refractivity contribution in [2.45, 2.75) is 66.2 Å². The van der Waals surface area contributed by atoms with Gasteiger partial charge in [-0.15, -0.1) is 0 Å². The van der Waals surface area contributed by atoms with Gasteiger partial charge in [0.2, 0.25) is 5.91 Å². The fourth-order valence-electron chi connectivity index (χ4n) is 2.68. The van der Waals surface area contributed by atoms with Gasteiger partial charge in [-0.05, 0) is 30.6 Å². The second kappa shape index (κ2) is 6.42. The Balaban J connectivity index is 2.29. The van der Waals surface area contributed by atoms with Crippen molar-refractivity contribution in [2.24, 2.45) is 11.3 Å². The summed E-state index contributed by atoms with van der Waals surface area (Å²) in [6.07, 6.45) is 6.57. The van der Waals surface area contributed by atoms with E-state index in [2.05, 4.69) is 32.6 Å². The van der Waals surface area contributed by atoms with Crippen LogP contribution in [-0.2, 0) is 4.79 Å².